The highest BCUT2D eigenvalue weighted by Crippen LogP contribution is 2.28. The van der Waals surface area contributed by atoms with E-state index in [9.17, 15) is 8.78 Å². The van der Waals surface area contributed by atoms with Gasteiger partial charge in [-0.1, -0.05) is 13.0 Å². The lowest BCUT2D eigenvalue weighted by molar-refractivity contribution is 0.584. The fourth-order valence-corrected chi connectivity index (χ4v) is 2.16. The molecule has 0 aliphatic rings. The number of benzene rings is 1. The van der Waals surface area contributed by atoms with Crippen molar-refractivity contribution < 1.29 is 8.78 Å². The summed E-state index contributed by atoms with van der Waals surface area (Å²) in [7, 11) is 0. The molecule has 0 atom stereocenters. The highest BCUT2D eigenvalue weighted by Gasteiger charge is 2.16. The van der Waals surface area contributed by atoms with Gasteiger partial charge in [0.2, 0.25) is 0 Å². The van der Waals surface area contributed by atoms with Gasteiger partial charge in [0.05, 0.1) is 0 Å². The van der Waals surface area contributed by atoms with Crippen molar-refractivity contribution in [2.24, 2.45) is 0 Å². The van der Waals surface area contributed by atoms with Crippen molar-refractivity contribution >= 4 is 5.82 Å². The fraction of sp³-hybridized carbons (Fsp3) is 0.267. The predicted molar refractivity (Wildman–Crippen MR) is 76.2 cm³/mol. The van der Waals surface area contributed by atoms with Crippen molar-refractivity contribution in [2.45, 2.75) is 26.3 Å². The Kier molecular flexibility index (Phi) is 4.17. The normalized spacial score (nSPS) is 10.8. The van der Waals surface area contributed by atoms with E-state index in [4.69, 9.17) is 5.73 Å². The molecule has 2 aromatic rings. The van der Waals surface area contributed by atoms with Crippen LogP contribution in [0.5, 0.6) is 0 Å². The Bertz CT molecular complexity index is 612. The predicted octanol–water partition coefficient (Wildman–Crippen LogP) is 3.55. The van der Waals surface area contributed by atoms with Crippen LogP contribution in [-0.4, -0.2) is 9.55 Å². The molecule has 1 aromatic heterocycles. The molecule has 2 rings (SSSR count). The second-order valence-electron chi connectivity index (χ2n) is 4.57. The van der Waals surface area contributed by atoms with Crippen LogP contribution in [0.25, 0.3) is 11.3 Å². The van der Waals surface area contributed by atoms with Gasteiger partial charge in [0, 0.05) is 24.6 Å². The summed E-state index contributed by atoms with van der Waals surface area (Å²) >= 11 is 0. The highest BCUT2D eigenvalue weighted by molar-refractivity contribution is 5.71. The van der Waals surface area contributed by atoms with Crippen molar-refractivity contribution in [3.05, 3.63) is 48.3 Å². The summed E-state index contributed by atoms with van der Waals surface area (Å²) in [5.41, 5.74) is 6.82. The van der Waals surface area contributed by atoms with E-state index in [1.54, 1.807) is 6.08 Å². The van der Waals surface area contributed by atoms with Crippen LogP contribution in [0.4, 0.5) is 14.6 Å². The largest absolute Gasteiger partial charge is 0.383 e. The van der Waals surface area contributed by atoms with Gasteiger partial charge in [0.15, 0.2) is 0 Å². The van der Waals surface area contributed by atoms with Crippen molar-refractivity contribution in [1.29, 1.82) is 0 Å². The van der Waals surface area contributed by atoms with E-state index in [0.29, 0.717) is 23.6 Å². The van der Waals surface area contributed by atoms with Gasteiger partial charge in [-0.05, 0) is 18.6 Å². The minimum absolute atomic E-state index is 0.347. The first-order valence-electron chi connectivity index (χ1n) is 6.49. The standard InChI is InChI=1S/C15H17F2N3/c1-3-5-13-19-14(15(18)20(13)6-4-2)10-7-11(16)9-12(17)8-10/h4,7-9H,2-3,5-6,18H2,1H3. The van der Waals surface area contributed by atoms with E-state index < -0.39 is 11.6 Å². The number of allylic oxidation sites excluding steroid dienone is 1. The SMILES string of the molecule is C=CCn1c(CCC)nc(-c2cc(F)cc(F)c2)c1N. The Labute approximate surface area is 116 Å². The van der Waals surface area contributed by atoms with Gasteiger partial charge in [-0.2, -0.15) is 0 Å². The third kappa shape index (κ3) is 2.71. The summed E-state index contributed by atoms with van der Waals surface area (Å²) in [5, 5.41) is 0. The van der Waals surface area contributed by atoms with E-state index in [-0.39, 0.29) is 0 Å². The maximum absolute atomic E-state index is 13.3. The van der Waals surface area contributed by atoms with E-state index in [1.807, 2.05) is 11.5 Å². The number of rotatable bonds is 5. The zero-order valence-electron chi connectivity index (χ0n) is 11.4. The molecule has 0 amide bonds. The molecule has 0 fully saturated rings. The molecule has 3 nitrogen and oxygen atoms in total. The van der Waals surface area contributed by atoms with E-state index in [0.717, 1.165) is 24.7 Å². The van der Waals surface area contributed by atoms with Gasteiger partial charge in [-0.3, -0.25) is 0 Å². The average molecular weight is 277 g/mol. The number of nitrogens with zero attached hydrogens (tertiary/aromatic N) is 2. The van der Waals surface area contributed by atoms with Crippen LogP contribution in [0.1, 0.15) is 19.2 Å². The van der Waals surface area contributed by atoms with Gasteiger partial charge in [0.25, 0.3) is 0 Å². The number of imidazole rings is 1. The summed E-state index contributed by atoms with van der Waals surface area (Å²) < 4.78 is 28.4. The molecule has 1 aromatic carbocycles. The summed E-state index contributed by atoms with van der Waals surface area (Å²) in [4.78, 5) is 4.43. The summed E-state index contributed by atoms with van der Waals surface area (Å²) in [6, 6.07) is 3.29. The van der Waals surface area contributed by atoms with Crippen LogP contribution in [-0.2, 0) is 13.0 Å². The maximum Gasteiger partial charge on any atom is 0.132 e. The zero-order valence-corrected chi connectivity index (χ0v) is 11.4. The van der Waals surface area contributed by atoms with Crippen LogP contribution in [0, 0.1) is 11.6 Å². The van der Waals surface area contributed by atoms with Crippen LogP contribution >= 0.6 is 0 Å². The van der Waals surface area contributed by atoms with Crippen molar-refractivity contribution in [1.82, 2.24) is 9.55 Å². The molecule has 0 aliphatic heterocycles. The van der Waals surface area contributed by atoms with Gasteiger partial charge in [-0.25, -0.2) is 13.8 Å². The lowest BCUT2D eigenvalue weighted by Gasteiger charge is -2.06. The van der Waals surface area contributed by atoms with Crippen molar-refractivity contribution in [2.75, 3.05) is 5.73 Å². The number of hydrogen-bond donors (Lipinski definition) is 1. The second kappa shape index (κ2) is 5.86. The Hall–Kier alpha value is -2.17. The van der Waals surface area contributed by atoms with Crippen LogP contribution in [0.15, 0.2) is 30.9 Å². The third-order valence-electron chi connectivity index (χ3n) is 3.01. The van der Waals surface area contributed by atoms with Gasteiger partial charge in [-0.15, -0.1) is 6.58 Å². The molecule has 0 saturated carbocycles. The molecule has 20 heavy (non-hydrogen) atoms. The van der Waals surface area contributed by atoms with Crippen LogP contribution in [0.2, 0.25) is 0 Å². The number of nitrogen functional groups attached to an aromatic ring is 1. The molecular weight excluding hydrogens is 260 g/mol. The second-order valence-corrected chi connectivity index (χ2v) is 4.57. The van der Waals surface area contributed by atoms with Gasteiger partial charge >= 0.3 is 0 Å². The molecule has 2 N–H and O–H groups in total. The average Bonchev–Trinajstić information content (AvgIpc) is 2.67. The lowest BCUT2D eigenvalue weighted by atomic mass is 10.1. The van der Waals surface area contributed by atoms with Gasteiger partial charge in [0.1, 0.15) is 29.0 Å². The molecular formula is C15H17F2N3. The fourth-order valence-electron chi connectivity index (χ4n) is 2.16. The molecule has 0 unspecified atom stereocenters. The summed E-state index contributed by atoms with van der Waals surface area (Å²) in [6.45, 7) is 6.24. The van der Waals surface area contributed by atoms with Gasteiger partial charge < -0.3 is 10.3 Å². The minimum atomic E-state index is -0.644. The van der Waals surface area contributed by atoms with Crippen LogP contribution in [0.3, 0.4) is 0 Å². The van der Waals surface area contributed by atoms with Crippen LogP contribution < -0.4 is 5.73 Å². The topological polar surface area (TPSA) is 43.8 Å². The number of nitrogens with two attached hydrogens (primary N) is 1. The quantitative estimate of drug-likeness (QED) is 0.849. The third-order valence-corrected chi connectivity index (χ3v) is 3.01. The van der Waals surface area contributed by atoms with Crippen molar-refractivity contribution in [3.63, 3.8) is 0 Å². The summed E-state index contributed by atoms with van der Waals surface area (Å²) in [5.74, 6) is -0.0904. The first-order valence-corrected chi connectivity index (χ1v) is 6.49. The molecule has 106 valence electrons. The monoisotopic (exact) mass is 277 g/mol. The Morgan fingerprint density at radius 1 is 1.30 bits per heavy atom. The number of hydrogen-bond acceptors (Lipinski definition) is 2. The molecule has 0 aliphatic carbocycles. The number of halogens is 2. The smallest absolute Gasteiger partial charge is 0.132 e. The molecule has 0 spiro atoms. The molecule has 0 saturated heterocycles. The Morgan fingerprint density at radius 2 is 1.95 bits per heavy atom. The molecule has 0 bridgehead atoms. The first kappa shape index (κ1) is 14.2. The molecule has 1 heterocycles. The van der Waals surface area contributed by atoms with E-state index in [1.165, 1.54) is 12.1 Å². The maximum atomic E-state index is 13.3. The number of aryl methyl sites for hydroxylation is 1. The lowest BCUT2D eigenvalue weighted by Crippen LogP contribution is -2.05. The van der Waals surface area contributed by atoms with E-state index in [2.05, 4.69) is 11.6 Å². The number of anilines is 1. The van der Waals surface area contributed by atoms with Crippen molar-refractivity contribution in [3.8, 4) is 11.3 Å². The molecule has 5 heteroatoms. The zero-order chi connectivity index (χ0) is 14.7. The Balaban J connectivity index is 2.56. The van der Waals surface area contributed by atoms with E-state index >= 15 is 0 Å². The minimum Gasteiger partial charge on any atom is -0.383 e. The Morgan fingerprint density at radius 3 is 2.50 bits per heavy atom. The highest BCUT2D eigenvalue weighted by atomic mass is 19.1. The first-order chi connectivity index (χ1) is 9.56. The molecule has 0 radical (unpaired) electrons. The summed E-state index contributed by atoms with van der Waals surface area (Å²) in [6.07, 6.45) is 3.37. The number of aromatic nitrogens is 2.